The molecule has 82 heavy (non-hydrogen) atoms. The highest BCUT2D eigenvalue weighted by atomic mass is 16.6. The van der Waals surface area contributed by atoms with Crippen LogP contribution in [0, 0.1) is 23.7 Å². The minimum Gasteiger partial charge on any atom is -0.451 e. The van der Waals surface area contributed by atoms with Crippen LogP contribution in [0.15, 0.2) is 48.5 Å². The molecule has 5 rings (SSSR count). The van der Waals surface area contributed by atoms with E-state index in [1.807, 2.05) is 55.4 Å². The molecule has 452 valence electrons. The van der Waals surface area contributed by atoms with Gasteiger partial charge in [0.2, 0.25) is 0 Å². The molecule has 0 N–H and O–H groups in total. The van der Waals surface area contributed by atoms with E-state index in [9.17, 15) is 47.9 Å². The van der Waals surface area contributed by atoms with Gasteiger partial charge in [0.25, 0.3) is 23.6 Å². The average molecular weight is 1150 g/mol. The predicted molar refractivity (Wildman–Crippen MR) is 299 cm³/mol. The summed E-state index contributed by atoms with van der Waals surface area (Å²) in [6.07, 6.45) is -7.24. The molecule has 2 aromatic rings. The zero-order valence-electron chi connectivity index (χ0n) is 50.2. The topological polar surface area (TPSA) is 246 Å². The van der Waals surface area contributed by atoms with E-state index >= 15 is 0 Å². The van der Waals surface area contributed by atoms with Crippen LogP contribution in [-0.4, -0.2) is 192 Å². The van der Waals surface area contributed by atoms with Gasteiger partial charge in [-0.1, -0.05) is 104 Å². The van der Waals surface area contributed by atoms with Crippen LogP contribution in [0.2, 0.25) is 0 Å². The lowest BCUT2D eigenvalue weighted by atomic mass is 9.99. The first-order valence-corrected chi connectivity index (χ1v) is 28.4. The Bertz CT molecular complexity index is 2400. The molecule has 3 aliphatic heterocycles. The molecule has 0 unspecified atom stereocenters. The molecule has 3 saturated heterocycles. The number of benzene rings is 2. The van der Waals surface area contributed by atoms with Crippen molar-refractivity contribution >= 4 is 59.7 Å². The Labute approximate surface area is 482 Å². The molecular formula is C60H86N6O16. The van der Waals surface area contributed by atoms with E-state index in [1.54, 1.807) is 58.3 Å². The molecule has 3 aliphatic rings. The van der Waals surface area contributed by atoms with Crippen molar-refractivity contribution in [3.63, 3.8) is 0 Å². The molecule has 0 aromatic heterocycles. The van der Waals surface area contributed by atoms with Gasteiger partial charge in [0.1, 0.15) is 37.4 Å². The monoisotopic (exact) mass is 1150 g/mol. The quantitative estimate of drug-likeness (QED) is 0.147. The number of esters is 4. The Morgan fingerprint density at radius 2 is 0.646 bits per heavy atom. The molecule has 22 nitrogen and oxygen atoms in total. The van der Waals surface area contributed by atoms with Crippen LogP contribution in [-0.2, 0) is 92.7 Å². The lowest BCUT2D eigenvalue weighted by molar-refractivity contribution is -0.176. The lowest BCUT2D eigenvalue weighted by Crippen LogP contribution is -2.55. The highest BCUT2D eigenvalue weighted by Crippen LogP contribution is 2.25. The normalized spacial score (nSPS) is 24.8. The number of rotatable bonds is 16. The van der Waals surface area contributed by atoms with Crippen molar-refractivity contribution in [3.05, 3.63) is 70.8 Å². The van der Waals surface area contributed by atoms with Crippen molar-refractivity contribution in [2.75, 3.05) is 54.5 Å². The van der Waals surface area contributed by atoms with Crippen LogP contribution >= 0.6 is 0 Å². The Kier molecular flexibility index (Phi) is 23.7. The van der Waals surface area contributed by atoms with Crippen LogP contribution in [0.3, 0.4) is 0 Å². The third-order valence-electron chi connectivity index (χ3n) is 14.8. The van der Waals surface area contributed by atoms with E-state index in [0.29, 0.717) is 24.2 Å². The SMILES string of the molecule is CC(C)C[C@H]1C(=O)O[C@H](Cc2ccc(CN3CCOC3=O)cc2)C(=O)N(C)[C@@H](CC(C)C)C(=O)O[C@H](C)C(=O)N(C)[C@@H](CC(C)C)C(=O)O[C@H](Cc2ccc(CN3CCOC3=O)cc2)C(=O)N(C)[C@@H](CC(C)C)C(=O)O[C@H](C)C(=O)N1C. The zero-order valence-corrected chi connectivity index (χ0v) is 50.2. The summed E-state index contributed by atoms with van der Waals surface area (Å²) in [6.45, 7) is 19.2. The number of cyclic esters (lactones) is 6. The summed E-state index contributed by atoms with van der Waals surface area (Å²) in [5, 5.41) is 0. The third kappa shape index (κ3) is 17.9. The molecule has 3 heterocycles. The van der Waals surface area contributed by atoms with Crippen molar-refractivity contribution in [1.82, 2.24) is 29.4 Å². The average Bonchev–Trinajstić information content (AvgIpc) is 4.03. The summed E-state index contributed by atoms with van der Waals surface area (Å²) >= 11 is 0. The number of amides is 6. The fraction of sp³-hybridized carbons (Fsp3) is 0.633. The fourth-order valence-electron chi connectivity index (χ4n) is 10.0. The minimum atomic E-state index is -1.58. The molecule has 2 aromatic carbocycles. The Hall–Kier alpha value is -7.26. The minimum absolute atomic E-state index is 0.0515. The molecular weight excluding hydrogens is 1060 g/mol. The maximum atomic E-state index is 15.0. The number of carbonyl (C=O) groups is 10. The second-order valence-electron chi connectivity index (χ2n) is 23.5. The van der Waals surface area contributed by atoms with Gasteiger partial charge in [-0.05, 0) is 85.5 Å². The van der Waals surface area contributed by atoms with Gasteiger partial charge in [0.15, 0.2) is 24.4 Å². The lowest BCUT2D eigenvalue weighted by Gasteiger charge is -2.35. The molecule has 6 amide bonds. The van der Waals surface area contributed by atoms with Gasteiger partial charge in [-0.2, -0.15) is 0 Å². The summed E-state index contributed by atoms with van der Waals surface area (Å²) in [7, 11) is 5.45. The summed E-state index contributed by atoms with van der Waals surface area (Å²) in [5.74, 6) is -7.83. The van der Waals surface area contributed by atoms with E-state index < -0.39 is 108 Å². The first-order chi connectivity index (χ1) is 38.6. The van der Waals surface area contributed by atoms with Gasteiger partial charge in [-0.15, -0.1) is 0 Å². The maximum absolute atomic E-state index is 15.0. The molecule has 3 fully saturated rings. The first kappa shape index (κ1) is 65.5. The molecule has 0 aliphatic carbocycles. The van der Waals surface area contributed by atoms with Crippen molar-refractivity contribution in [2.45, 2.75) is 169 Å². The molecule has 0 spiro atoms. The summed E-state index contributed by atoms with van der Waals surface area (Å²) < 4.78 is 34.2. The van der Waals surface area contributed by atoms with Crippen molar-refractivity contribution in [2.24, 2.45) is 23.7 Å². The number of likely N-dealkylation sites (N-methyl/N-ethyl adjacent to an activating group) is 4. The van der Waals surface area contributed by atoms with Gasteiger partial charge >= 0.3 is 36.1 Å². The van der Waals surface area contributed by atoms with Crippen molar-refractivity contribution in [1.29, 1.82) is 0 Å². The van der Waals surface area contributed by atoms with Crippen LogP contribution in [0.4, 0.5) is 9.59 Å². The molecule has 0 radical (unpaired) electrons. The van der Waals surface area contributed by atoms with E-state index in [1.165, 1.54) is 42.0 Å². The standard InChI is InChI=1S/C60H86N6O16/c1-35(2)27-45-55(71)79-39(9)51(67)61(11)48(30-38(7)8)58(74)82-50(32-42-17-21-44(22-18-42)34-66-24-26-78-60(66)76)54(70)64(14)46(28-36(3)4)56(72)80-40(10)52(68)62(12)47(29-37(5)6)57(73)81-49(53(69)63(45)13)31-41-15-19-43(20-16-41)33-65-23-25-77-59(65)75/h15-22,35-40,45-50H,23-34H2,1-14H3/t39-,40-,45+,46+,47+,48+,49-,50-/m1/s1. The van der Waals surface area contributed by atoms with Gasteiger partial charge in [-0.3, -0.25) is 19.2 Å². The summed E-state index contributed by atoms with van der Waals surface area (Å²) in [5.41, 5.74) is 2.64. The number of ether oxygens (including phenoxy) is 6. The Morgan fingerprint density at radius 1 is 0.390 bits per heavy atom. The maximum Gasteiger partial charge on any atom is 0.410 e. The molecule has 0 bridgehead atoms. The number of carbonyl (C=O) groups excluding carboxylic acids is 10. The smallest absolute Gasteiger partial charge is 0.410 e. The largest absolute Gasteiger partial charge is 0.451 e. The second-order valence-corrected chi connectivity index (χ2v) is 23.5. The van der Waals surface area contributed by atoms with Crippen LogP contribution < -0.4 is 0 Å². The zero-order chi connectivity index (χ0) is 60.9. The highest BCUT2D eigenvalue weighted by molar-refractivity contribution is 5.94. The third-order valence-corrected chi connectivity index (χ3v) is 14.8. The summed E-state index contributed by atoms with van der Waals surface area (Å²) in [4.78, 5) is 149. The Balaban J connectivity index is 1.58. The van der Waals surface area contributed by atoms with Crippen LogP contribution in [0.25, 0.3) is 0 Å². The van der Waals surface area contributed by atoms with Gasteiger partial charge in [-0.25, -0.2) is 28.8 Å². The van der Waals surface area contributed by atoms with Gasteiger partial charge < -0.3 is 57.8 Å². The van der Waals surface area contributed by atoms with Crippen molar-refractivity contribution in [3.8, 4) is 0 Å². The molecule has 0 saturated carbocycles. The first-order valence-electron chi connectivity index (χ1n) is 28.4. The number of hydrogen-bond acceptors (Lipinski definition) is 16. The van der Waals surface area contributed by atoms with E-state index in [0.717, 1.165) is 30.7 Å². The Morgan fingerprint density at radius 3 is 0.902 bits per heavy atom. The van der Waals surface area contributed by atoms with Crippen LogP contribution in [0.1, 0.15) is 117 Å². The van der Waals surface area contributed by atoms with Crippen LogP contribution in [0.5, 0.6) is 0 Å². The number of nitrogens with zero attached hydrogens (tertiary/aromatic N) is 6. The highest BCUT2D eigenvalue weighted by Gasteiger charge is 2.43. The molecule has 22 heteroatoms. The second kappa shape index (κ2) is 29.6. The van der Waals surface area contributed by atoms with E-state index in [-0.39, 0.29) is 88.5 Å². The van der Waals surface area contributed by atoms with Crippen molar-refractivity contribution < 1.29 is 76.4 Å². The predicted octanol–water partition coefficient (Wildman–Crippen LogP) is 5.57. The van der Waals surface area contributed by atoms with E-state index in [4.69, 9.17) is 28.4 Å². The van der Waals surface area contributed by atoms with Gasteiger partial charge in [0, 0.05) is 54.1 Å². The van der Waals surface area contributed by atoms with E-state index in [2.05, 4.69) is 0 Å². The fourth-order valence-corrected chi connectivity index (χ4v) is 10.0. The molecule has 8 atom stereocenters. The number of hydrogen-bond donors (Lipinski definition) is 0. The summed E-state index contributed by atoms with van der Waals surface area (Å²) in [6, 6.07) is 8.69. The van der Waals surface area contributed by atoms with Gasteiger partial charge in [0.05, 0.1) is 13.1 Å².